The van der Waals surface area contributed by atoms with Crippen LogP contribution in [0.1, 0.15) is 17.4 Å². The van der Waals surface area contributed by atoms with E-state index in [9.17, 15) is 4.79 Å². The summed E-state index contributed by atoms with van der Waals surface area (Å²) in [5.74, 6) is 0.691. The number of Topliss-reactive ketones (excluding diaryl/α,β-unsaturated/α-hetero) is 1. The first-order chi connectivity index (χ1) is 8.20. The summed E-state index contributed by atoms with van der Waals surface area (Å²) in [5.41, 5.74) is 0.366. The number of H-pyrrole nitrogens is 1. The van der Waals surface area contributed by atoms with Crippen molar-refractivity contribution in [1.82, 2.24) is 15.4 Å². The van der Waals surface area contributed by atoms with Crippen molar-refractivity contribution < 1.29 is 9.53 Å². The Bertz CT molecular complexity index is 522. The van der Waals surface area contributed by atoms with Crippen LogP contribution in [0.2, 0.25) is 0 Å². The summed E-state index contributed by atoms with van der Waals surface area (Å²) in [5, 5.41) is 10.8. The third kappa shape index (κ3) is 2.65. The molecule has 0 amide bonds. The molecule has 1 aromatic heterocycles. The Balaban J connectivity index is 2.19. The van der Waals surface area contributed by atoms with E-state index in [2.05, 4.69) is 15.4 Å². The van der Waals surface area contributed by atoms with Gasteiger partial charge in [0, 0.05) is 11.8 Å². The van der Waals surface area contributed by atoms with Gasteiger partial charge in [0.2, 0.25) is 0 Å². The summed E-state index contributed by atoms with van der Waals surface area (Å²) in [6, 6.07) is 7.52. The Labute approximate surface area is 103 Å². The maximum atomic E-state index is 11.3. The van der Waals surface area contributed by atoms with Crippen molar-refractivity contribution in [3.63, 3.8) is 0 Å². The van der Waals surface area contributed by atoms with Gasteiger partial charge in [0.15, 0.2) is 16.5 Å². The molecule has 17 heavy (non-hydrogen) atoms. The highest BCUT2D eigenvalue weighted by Crippen LogP contribution is 2.29. The first kappa shape index (κ1) is 11.7. The molecule has 0 unspecified atom stereocenters. The van der Waals surface area contributed by atoms with Crippen LogP contribution in [0.15, 0.2) is 34.2 Å². The summed E-state index contributed by atoms with van der Waals surface area (Å²) >= 11 is 1.39. The number of rotatable bonds is 4. The van der Waals surface area contributed by atoms with Gasteiger partial charge in [-0.1, -0.05) is 11.8 Å². The van der Waals surface area contributed by atoms with Crippen molar-refractivity contribution in [2.24, 2.45) is 0 Å². The normalized spacial score (nSPS) is 10.2. The fourth-order valence-corrected chi connectivity index (χ4v) is 2.14. The van der Waals surface area contributed by atoms with E-state index in [1.165, 1.54) is 18.7 Å². The Morgan fingerprint density at radius 1 is 1.29 bits per heavy atom. The zero-order chi connectivity index (χ0) is 12.3. The molecule has 5 nitrogen and oxygen atoms in total. The highest BCUT2D eigenvalue weighted by atomic mass is 32.2. The van der Waals surface area contributed by atoms with Gasteiger partial charge in [0.1, 0.15) is 5.75 Å². The summed E-state index contributed by atoms with van der Waals surface area (Å²) < 4.78 is 5.07. The fraction of sp³-hybridized carbons (Fsp3) is 0.182. The van der Waals surface area contributed by atoms with E-state index in [1.807, 2.05) is 24.3 Å². The average molecular weight is 249 g/mol. The zero-order valence-corrected chi connectivity index (χ0v) is 10.2. The van der Waals surface area contributed by atoms with Crippen LogP contribution in [0.3, 0.4) is 0 Å². The number of nitrogens with one attached hydrogen (secondary N) is 1. The number of ketones is 1. The van der Waals surface area contributed by atoms with E-state index in [1.54, 1.807) is 7.11 Å². The van der Waals surface area contributed by atoms with Crippen LogP contribution in [0.25, 0.3) is 0 Å². The second-order valence-corrected chi connectivity index (χ2v) is 4.37. The Kier molecular flexibility index (Phi) is 3.43. The second-order valence-electron chi connectivity index (χ2n) is 3.31. The molecule has 0 aliphatic rings. The minimum atomic E-state index is -0.102. The van der Waals surface area contributed by atoms with Crippen molar-refractivity contribution in [3.05, 3.63) is 30.0 Å². The molecular formula is C11H11N3O2S. The lowest BCUT2D eigenvalue weighted by molar-refractivity contribution is 0.101. The van der Waals surface area contributed by atoms with E-state index in [0.29, 0.717) is 10.7 Å². The van der Waals surface area contributed by atoms with Gasteiger partial charge in [-0.3, -0.25) is 4.79 Å². The molecule has 0 atom stereocenters. The van der Waals surface area contributed by atoms with Crippen LogP contribution >= 0.6 is 11.8 Å². The molecule has 1 heterocycles. The molecule has 0 saturated carbocycles. The highest BCUT2D eigenvalue weighted by molar-refractivity contribution is 7.99. The molecule has 1 N–H and O–H groups in total. The third-order valence-electron chi connectivity index (χ3n) is 2.12. The maximum absolute atomic E-state index is 11.3. The molecule has 0 aliphatic heterocycles. The first-order valence-corrected chi connectivity index (χ1v) is 5.76. The van der Waals surface area contributed by atoms with E-state index in [-0.39, 0.29) is 5.78 Å². The molecule has 1 aromatic carbocycles. The molecule has 0 aliphatic carbocycles. The van der Waals surface area contributed by atoms with Gasteiger partial charge in [0.25, 0.3) is 0 Å². The number of carbonyl (C=O) groups excluding carboxylic acids is 1. The van der Waals surface area contributed by atoms with Gasteiger partial charge in [-0.05, 0) is 24.3 Å². The van der Waals surface area contributed by atoms with Crippen LogP contribution < -0.4 is 4.74 Å². The van der Waals surface area contributed by atoms with E-state index < -0.39 is 0 Å². The van der Waals surface area contributed by atoms with Gasteiger partial charge < -0.3 is 4.74 Å². The van der Waals surface area contributed by atoms with Gasteiger partial charge in [0.05, 0.1) is 7.11 Å². The van der Waals surface area contributed by atoms with Gasteiger partial charge >= 0.3 is 0 Å². The molecule has 0 bridgehead atoms. The topological polar surface area (TPSA) is 67.9 Å². The van der Waals surface area contributed by atoms with Crippen molar-refractivity contribution in [2.45, 2.75) is 16.8 Å². The second kappa shape index (κ2) is 5.01. The molecule has 0 spiro atoms. The van der Waals surface area contributed by atoms with Crippen LogP contribution in [0.5, 0.6) is 5.75 Å². The molecule has 2 aromatic rings. The number of aromatic amines is 1. The monoisotopic (exact) mass is 249 g/mol. The molecule has 0 saturated heterocycles. The minimum Gasteiger partial charge on any atom is -0.497 e. The quantitative estimate of drug-likeness (QED) is 0.841. The average Bonchev–Trinajstić information content (AvgIpc) is 2.78. The molecular weight excluding hydrogens is 238 g/mol. The van der Waals surface area contributed by atoms with E-state index >= 15 is 0 Å². The number of hydrogen-bond acceptors (Lipinski definition) is 5. The summed E-state index contributed by atoms with van der Waals surface area (Å²) in [6.45, 7) is 1.47. The SMILES string of the molecule is COc1ccc(Sc2n[nH]nc2C(C)=O)cc1. The van der Waals surface area contributed by atoms with Crippen molar-refractivity contribution in [2.75, 3.05) is 7.11 Å². The van der Waals surface area contributed by atoms with E-state index in [0.717, 1.165) is 10.6 Å². The molecule has 88 valence electrons. The van der Waals surface area contributed by atoms with Crippen LogP contribution in [0.4, 0.5) is 0 Å². The number of nitrogens with zero attached hydrogens (tertiary/aromatic N) is 2. The molecule has 0 fully saturated rings. The third-order valence-corrected chi connectivity index (χ3v) is 3.11. The lowest BCUT2D eigenvalue weighted by Crippen LogP contribution is -1.94. The Hall–Kier alpha value is -1.82. The molecule has 6 heteroatoms. The number of benzene rings is 1. The minimum absolute atomic E-state index is 0.102. The zero-order valence-electron chi connectivity index (χ0n) is 9.43. The van der Waals surface area contributed by atoms with Crippen molar-refractivity contribution in [1.29, 1.82) is 0 Å². The van der Waals surface area contributed by atoms with Crippen molar-refractivity contribution >= 4 is 17.5 Å². The largest absolute Gasteiger partial charge is 0.497 e. The number of aromatic nitrogens is 3. The maximum Gasteiger partial charge on any atom is 0.182 e. The predicted molar refractivity (Wildman–Crippen MR) is 63.5 cm³/mol. The standard InChI is InChI=1S/C11H11N3O2S/c1-7(15)10-11(13-14-12-10)17-9-5-3-8(16-2)4-6-9/h3-6H,1-2H3,(H,12,13,14). The summed E-state index contributed by atoms with van der Waals surface area (Å²) in [6.07, 6.45) is 0. The fourth-order valence-electron chi connectivity index (χ4n) is 1.28. The molecule has 2 rings (SSSR count). The predicted octanol–water partition coefficient (Wildman–Crippen LogP) is 2.17. The number of methoxy groups -OCH3 is 1. The summed E-state index contributed by atoms with van der Waals surface area (Å²) in [4.78, 5) is 12.2. The first-order valence-electron chi connectivity index (χ1n) is 4.94. The van der Waals surface area contributed by atoms with Gasteiger partial charge in [-0.15, -0.1) is 5.10 Å². The lowest BCUT2D eigenvalue weighted by atomic mass is 10.3. The number of hydrogen-bond donors (Lipinski definition) is 1. The number of ether oxygens (including phenoxy) is 1. The van der Waals surface area contributed by atoms with Crippen LogP contribution in [-0.4, -0.2) is 28.3 Å². The Morgan fingerprint density at radius 3 is 2.59 bits per heavy atom. The highest BCUT2D eigenvalue weighted by Gasteiger charge is 2.13. The van der Waals surface area contributed by atoms with Gasteiger partial charge in [-0.2, -0.15) is 10.3 Å². The molecule has 0 radical (unpaired) electrons. The Morgan fingerprint density at radius 2 is 2.00 bits per heavy atom. The smallest absolute Gasteiger partial charge is 0.182 e. The van der Waals surface area contributed by atoms with Gasteiger partial charge in [-0.25, -0.2) is 0 Å². The number of carbonyl (C=O) groups is 1. The van der Waals surface area contributed by atoms with Crippen LogP contribution in [0, 0.1) is 0 Å². The van der Waals surface area contributed by atoms with Crippen LogP contribution in [-0.2, 0) is 0 Å². The summed E-state index contributed by atoms with van der Waals surface area (Å²) in [7, 11) is 1.62. The lowest BCUT2D eigenvalue weighted by Gasteiger charge is -2.01. The van der Waals surface area contributed by atoms with Crippen molar-refractivity contribution in [3.8, 4) is 5.75 Å². The van der Waals surface area contributed by atoms with E-state index in [4.69, 9.17) is 4.74 Å².